The lowest BCUT2D eigenvalue weighted by molar-refractivity contribution is 0.599. The van der Waals surface area contributed by atoms with Gasteiger partial charge in [-0.25, -0.2) is 0 Å². The van der Waals surface area contributed by atoms with E-state index in [1.807, 2.05) is 0 Å². The summed E-state index contributed by atoms with van der Waals surface area (Å²) in [5.41, 5.74) is 3.18. The van der Waals surface area contributed by atoms with Gasteiger partial charge in [-0.05, 0) is 49.7 Å². The van der Waals surface area contributed by atoms with E-state index in [1.54, 1.807) is 11.1 Å². The highest BCUT2D eigenvalue weighted by Gasteiger charge is 2.03. The van der Waals surface area contributed by atoms with Crippen LogP contribution in [0.25, 0.3) is 0 Å². The first-order chi connectivity index (χ1) is 12.6. The molecule has 0 aliphatic rings. The Kier molecular flexibility index (Phi) is 16.5. The van der Waals surface area contributed by atoms with Gasteiger partial charge in [0, 0.05) is 0 Å². The molecule has 0 heterocycles. The highest BCUT2D eigenvalue weighted by molar-refractivity contribution is 9.25. The molecule has 0 spiro atoms. The Morgan fingerprint density at radius 1 is 0.500 bits per heavy atom. The fraction of sp³-hybridized carbons (Fsp3) is 0.727. The third kappa shape index (κ3) is 14.2. The van der Waals surface area contributed by atoms with Crippen LogP contribution in [0.2, 0.25) is 0 Å². The van der Waals surface area contributed by atoms with Gasteiger partial charge in [-0.3, -0.25) is 0 Å². The molecular formula is C22H34Br4. The third-order valence-electron chi connectivity index (χ3n) is 4.86. The Bertz CT molecular complexity index is 405. The zero-order valence-corrected chi connectivity index (χ0v) is 22.2. The fourth-order valence-electron chi connectivity index (χ4n) is 3.33. The largest absolute Gasteiger partial charge is 0.0765 e. The van der Waals surface area contributed by atoms with Crippen molar-refractivity contribution in [3.63, 3.8) is 0 Å². The molecule has 1 rings (SSSR count). The molecule has 0 N–H and O–H groups in total. The molecule has 0 aromatic heterocycles. The van der Waals surface area contributed by atoms with Crippen LogP contribution in [0.1, 0.15) is 88.2 Å². The van der Waals surface area contributed by atoms with Crippen molar-refractivity contribution in [1.82, 2.24) is 0 Å². The van der Waals surface area contributed by atoms with Gasteiger partial charge in [-0.2, -0.15) is 0 Å². The molecular weight excluding hydrogens is 584 g/mol. The maximum atomic E-state index is 3.55. The molecule has 26 heavy (non-hydrogen) atoms. The van der Waals surface area contributed by atoms with Crippen LogP contribution in [0.4, 0.5) is 0 Å². The lowest BCUT2D eigenvalue weighted by Crippen LogP contribution is -1.95. The number of rotatable bonds is 16. The molecule has 0 fully saturated rings. The van der Waals surface area contributed by atoms with E-state index in [0.717, 1.165) is 0 Å². The highest BCUT2D eigenvalue weighted by atomic mass is 79.9. The van der Waals surface area contributed by atoms with Crippen LogP contribution in [-0.2, 0) is 12.8 Å². The average molecular weight is 618 g/mol. The minimum atomic E-state index is 0.493. The molecule has 0 nitrogen and oxygen atoms in total. The molecule has 0 unspecified atom stereocenters. The van der Waals surface area contributed by atoms with Crippen LogP contribution in [0.5, 0.6) is 0 Å². The van der Waals surface area contributed by atoms with E-state index in [2.05, 4.69) is 88.0 Å². The van der Waals surface area contributed by atoms with Gasteiger partial charge in [0.2, 0.25) is 0 Å². The van der Waals surface area contributed by atoms with Crippen molar-refractivity contribution in [2.45, 2.75) is 97.4 Å². The summed E-state index contributed by atoms with van der Waals surface area (Å²) in [6.07, 6.45) is 18.5. The smallest absolute Gasteiger partial charge is 0.0697 e. The van der Waals surface area contributed by atoms with Gasteiger partial charge in [0.1, 0.15) is 0 Å². The van der Waals surface area contributed by atoms with Crippen LogP contribution in [0.15, 0.2) is 24.3 Å². The summed E-state index contributed by atoms with van der Waals surface area (Å²) < 4.78 is 0.986. The fourth-order valence-corrected chi connectivity index (χ4v) is 4.63. The van der Waals surface area contributed by atoms with E-state index < -0.39 is 0 Å². The van der Waals surface area contributed by atoms with Crippen molar-refractivity contribution in [1.29, 1.82) is 0 Å². The lowest BCUT2D eigenvalue weighted by atomic mass is 9.96. The summed E-state index contributed by atoms with van der Waals surface area (Å²) in [6, 6.07) is 9.12. The molecule has 0 saturated carbocycles. The van der Waals surface area contributed by atoms with Gasteiger partial charge in [0.25, 0.3) is 0 Å². The minimum Gasteiger partial charge on any atom is -0.0765 e. The first-order valence-corrected chi connectivity index (χ1v) is 13.9. The van der Waals surface area contributed by atoms with Gasteiger partial charge in [-0.15, -0.1) is 0 Å². The minimum absolute atomic E-state index is 0.493. The van der Waals surface area contributed by atoms with Crippen molar-refractivity contribution in [3.8, 4) is 0 Å². The van der Waals surface area contributed by atoms with Crippen LogP contribution in [0.3, 0.4) is 0 Å². The first kappa shape index (κ1) is 25.2. The summed E-state index contributed by atoms with van der Waals surface area (Å²) in [5.74, 6) is 0. The van der Waals surface area contributed by atoms with Gasteiger partial charge in [0.15, 0.2) is 0 Å². The van der Waals surface area contributed by atoms with E-state index in [-0.39, 0.29) is 0 Å². The van der Waals surface area contributed by atoms with Gasteiger partial charge >= 0.3 is 0 Å². The molecule has 4 heteroatoms. The topological polar surface area (TPSA) is 0 Å². The Morgan fingerprint density at radius 3 is 1.23 bits per heavy atom. The number of aryl methyl sites for hydroxylation is 2. The second-order valence-corrected chi connectivity index (χ2v) is 14.0. The maximum Gasteiger partial charge on any atom is 0.0697 e. The van der Waals surface area contributed by atoms with Crippen molar-refractivity contribution >= 4 is 63.7 Å². The highest BCUT2D eigenvalue weighted by Crippen LogP contribution is 2.20. The summed E-state index contributed by atoms with van der Waals surface area (Å²) in [5, 5.41) is 0. The molecule has 150 valence electrons. The molecule has 0 saturated heterocycles. The number of hydrogen-bond donors (Lipinski definition) is 0. The molecule has 0 aliphatic heterocycles. The van der Waals surface area contributed by atoms with Gasteiger partial charge < -0.3 is 0 Å². The monoisotopic (exact) mass is 614 g/mol. The number of halogens is 4. The zero-order chi connectivity index (χ0) is 19.0. The second kappa shape index (κ2) is 17.0. The second-order valence-electron chi connectivity index (χ2n) is 7.16. The summed E-state index contributed by atoms with van der Waals surface area (Å²) in [4.78, 5) is 0. The molecule has 1 aromatic carbocycles. The van der Waals surface area contributed by atoms with Crippen molar-refractivity contribution in [3.05, 3.63) is 35.4 Å². The predicted molar refractivity (Wildman–Crippen MR) is 133 cm³/mol. The van der Waals surface area contributed by atoms with Crippen molar-refractivity contribution in [2.24, 2.45) is 0 Å². The van der Waals surface area contributed by atoms with E-state index >= 15 is 0 Å². The van der Waals surface area contributed by atoms with Crippen LogP contribution in [0, 0.1) is 0 Å². The lowest BCUT2D eigenvalue weighted by Gasteiger charge is -2.10. The maximum absolute atomic E-state index is 3.55. The molecule has 0 amide bonds. The molecule has 0 bridgehead atoms. The SMILES string of the molecule is BrC(Br)CCCCCCCc1ccccc1CCCCCCCC(Br)Br. The van der Waals surface area contributed by atoms with Gasteiger partial charge in [0.05, 0.1) is 7.47 Å². The van der Waals surface area contributed by atoms with Crippen molar-refractivity contribution < 1.29 is 0 Å². The quantitative estimate of drug-likeness (QED) is 0.128. The predicted octanol–water partition coefficient (Wildman–Crippen LogP) is 9.68. The third-order valence-corrected chi connectivity index (χ3v) is 6.69. The Balaban J connectivity index is 2.13. The standard InChI is InChI=1S/C22H34Br4/c23-21(24)17-9-5-1-3-7-13-19-15-11-12-16-20(19)14-8-4-2-6-10-18-22(25)26/h11-12,15-16,21-22H,1-10,13-14,17-18H2. The van der Waals surface area contributed by atoms with Crippen LogP contribution in [-0.4, -0.2) is 7.47 Å². The van der Waals surface area contributed by atoms with Crippen molar-refractivity contribution in [2.75, 3.05) is 0 Å². The number of hydrogen-bond acceptors (Lipinski definition) is 0. The van der Waals surface area contributed by atoms with Crippen LogP contribution >= 0.6 is 63.7 Å². The summed E-state index contributed by atoms with van der Waals surface area (Å²) >= 11 is 14.2. The Hall–Kier alpha value is 1.14. The van der Waals surface area contributed by atoms with E-state index in [1.165, 1.54) is 89.9 Å². The van der Waals surface area contributed by atoms with E-state index in [0.29, 0.717) is 7.47 Å². The zero-order valence-electron chi connectivity index (χ0n) is 15.9. The molecule has 0 aliphatic carbocycles. The van der Waals surface area contributed by atoms with Crippen LogP contribution < -0.4 is 0 Å². The normalized spacial score (nSPS) is 11.6. The van der Waals surface area contributed by atoms with E-state index in [4.69, 9.17) is 0 Å². The molecule has 0 atom stereocenters. The van der Waals surface area contributed by atoms with E-state index in [9.17, 15) is 0 Å². The molecule has 0 radical (unpaired) electrons. The Morgan fingerprint density at radius 2 is 0.846 bits per heavy atom. The first-order valence-electron chi connectivity index (χ1n) is 10.2. The Labute approximate surface area is 195 Å². The summed E-state index contributed by atoms with van der Waals surface area (Å²) in [7, 11) is 0. The van der Waals surface area contributed by atoms with Gasteiger partial charge in [-0.1, -0.05) is 139 Å². The molecule has 1 aromatic rings. The number of benzene rings is 1. The number of unbranched alkanes of at least 4 members (excludes halogenated alkanes) is 8. The number of alkyl halides is 4. The average Bonchev–Trinajstić information content (AvgIpc) is 2.60. The summed E-state index contributed by atoms with van der Waals surface area (Å²) in [6.45, 7) is 0.